The van der Waals surface area contributed by atoms with Crippen LogP contribution in [0.1, 0.15) is 72.6 Å². The molecular formula is C27H42O3. The van der Waals surface area contributed by atoms with Gasteiger partial charge in [0.15, 0.2) is 0 Å². The Balaban J connectivity index is 1.76. The first-order valence-corrected chi connectivity index (χ1v) is 11.9. The Morgan fingerprint density at radius 3 is 2.53 bits per heavy atom. The van der Waals surface area contributed by atoms with E-state index in [9.17, 15) is 15.3 Å². The standard InChI is InChI=1S/C27H42O3/c1-17(2)25(29)13-8-18(3)23-11-12-24-20(7-6-14-27(23,24)5)9-10-21-15-22(28)16-26(30)19(21)4/h8-10,13,17-18,22-26,28-30H,4,6-7,11-12,14-16H2,1-3,5H3/b13-8+,20-9+,21-10-/t18-,22-,23-,24+,25+,26+,27-/m1/s1. The molecule has 0 aromatic rings. The van der Waals surface area contributed by atoms with Crippen molar-refractivity contribution in [2.24, 2.45) is 29.1 Å². The zero-order valence-corrected chi connectivity index (χ0v) is 19.3. The molecule has 3 N–H and O–H groups in total. The van der Waals surface area contributed by atoms with Gasteiger partial charge in [0.2, 0.25) is 0 Å². The topological polar surface area (TPSA) is 60.7 Å². The summed E-state index contributed by atoms with van der Waals surface area (Å²) in [6.45, 7) is 13.0. The molecule has 0 unspecified atom stereocenters. The number of allylic oxidation sites excluding steroid dienone is 4. The van der Waals surface area contributed by atoms with Crippen LogP contribution < -0.4 is 0 Å². The summed E-state index contributed by atoms with van der Waals surface area (Å²) in [6, 6.07) is 0. The monoisotopic (exact) mass is 414 g/mol. The van der Waals surface area contributed by atoms with E-state index in [0.717, 1.165) is 17.6 Å². The first-order valence-electron chi connectivity index (χ1n) is 11.9. The molecule has 0 saturated heterocycles. The van der Waals surface area contributed by atoms with Crippen molar-refractivity contribution in [3.8, 4) is 0 Å². The number of rotatable bonds is 5. The molecule has 3 aliphatic rings. The third-order valence-corrected chi connectivity index (χ3v) is 8.23. The summed E-state index contributed by atoms with van der Waals surface area (Å²) in [6.07, 6.45) is 14.3. The minimum atomic E-state index is -0.625. The average molecular weight is 415 g/mol. The molecule has 7 atom stereocenters. The maximum Gasteiger partial charge on any atom is 0.0811 e. The summed E-state index contributed by atoms with van der Waals surface area (Å²) in [4.78, 5) is 0. The fourth-order valence-corrected chi connectivity index (χ4v) is 6.25. The minimum Gasteiger partial charge on any atom is -0.393 e. The fourth-order valence-electron chi connectivity index (χ4n) is 6.25. The molecule has 168 valence electrons. The van der Waals surface area contributed by atoms with Crippen molar-refractivity contribution in [3.05, 3.63) is 47.6 Å². The smallest absolute Gasteiger partial charge is 0.0811 e. The molecule has 0 aromatic heterocycles. The predicted octanol–water partition coefficient (Wildman–Crippen LogP) is 5.34. The highest BCUT2D eigenvalue weighted by Gasteiger charge is 2.50. The van der Waals surface area contributed by atoms with Crippen molar-refractivity contribution in [2.45, 2.75) is 91.0 Å². The van der Waals surface area contributed by atoms with E-state index in [-0.39, 0.29) is 12.0 Å². The fraction of sp³-hybridized carbons (Fsp3) is 0.704. The summed E-state index contributed by atoms with van der Waals surface area (Å²) in [5.74, 6) is 1.96. The van der Waals surface area contributed by atoms with Crippen LogP contribution in [0.2, 0.25) is 0 Å². The molecule has 3 saturated carbocycles. The van der Waals surface area contributed by atoms with E-state index >= 15 is 0 Å². The number of hydrogen-bond acceptors (Lipinski definition) is 3. The molecule has 0 heterocycles. The molecule has 3 rings (SSSR count). The van der Waals surface area contributed by atoms with E-state index in [2.05, 4.69) is 52.5 Å². The quantitative estimate of drug-likeness (QED) is 0.532. The normalized spacial score (nSPS) is 39.8. The van der Waals surface area contributed by atoms with Gasteiger partial charge in [0.05, 0.1) is 18.3 Å². The molecule has 30 heavy (non-hydrogen) atoms. The van der Waals surface area contributed by atoms with Crippen LogP contribution in [0.5, 0.6) is 0 Å². The van der Waals surface area contributed by atoms with Crippen molar-refractivity contribution in [1.29, 1.82) is 0 Å². The molecule has 0 radical (unpaired) electrons. The molecule has 0 amide bonds. The highest BCUT2D eigenvalue weighted by Crippen LogP contribution is 2.59. The van der Waals surface area contributed by atoms with Gasteiger partial charge in [0.25, 0.3) is 0 Å². The van der Waals surface area contributed by atoms with Gasteiger partial charge in [-0.3, -0.25) is 0 Å². The van der Waals surface area contributed by atoms with Crippen LogP contribution in [0, 0.1) is 29.1 Å². The second-order valence-corrected chi connectivity index (χ2v) is 10.6. The molecule has 0 aromatic carbocycles. The van der Waals surface area contributed by atoms with Crippen LogP contribution in [0.3, 0.4) is 0 Å². The minimum absolute atomic E-state index is 0.254. The van der Waals surface area contributed by atoms with Gasteiger partial charge in [-0.2, -0.15) is 0 Å². The molecule has 0 bridgehead atoms. The number of aliphatic hydroxyl groups excluding tert-OH is 3. The van der Waals surface area contributed by atoms with E-state index in [4.69, 9.17) is 0 Å². The number of hydrogen-bond donors (Lipinski definition) is 3. The van der Waals surface area contributed by atoms with Gasteiger partial charge in [0.1, 0.15) is 0 Å². The van der Waals surface area contributed by atoms with Crippen molar-refractivity contribution >= 4 is 0 Å². The van der Waals surface area contributed by atoms with Gasteiger partial charge < -0.3 is 15.3 Å². The zero-order valence-electron chi connectivity index (χ0n) is 19.3. The van der Waals surface area contributed by atoms with E-state index in [1.54, 1.807) is 0 Å². The lowest BCUT2D eigenvalue weighted by Gasteiger charge is -2.44. The highest BCUT2D eigenvalue weighted by molar-refractivity contribution is 5.38. The average Bonchev–Trinajstić information content (AvgIpc) is 3.04. The largest absolute Gasteiger partial charge is 0.393 e. The Labute approximate surface area is 183 Å². The van der Waals surface area contributed by atoms with Crippen LogP contribution in [0.15, 0.2) is 47.6 Å². The van der Waals surface area contributed by atoms with Crippen LogP contribution in [0.4, 0.5) is 0 Å². The summed E-state index contributed by atoms with van der Waals surface area (Å²) < 4.78 is 0. The molecule has 0 aliphatic heterocycles. The number of fused-ring (bicyclic) bond motifs is 1. The maximum atomic E-state index is 10.2. The Bertz CT molecular complexity index is 716. The lowest BCUT2D eigenvalue weighted by molar-refractivity contribution is 0.0862. The second kappa shape index (κ2) is 9.54. The highest BCUT2D eigenvalue weighted by atomic mass is 16.3. The van der Waals surface area contributed by atoms with Gasteiger partial charge in [-0.15, -0.1) is 0 Å². The predicted molar refractivity (Wildman–Crippen MR) is 124 cm³/mol. The molecule has 0 spiro atoms. The molecule has 3 heteroatoms. The van der Waals surface area contributed by atoms with Gasteiger partial charge in [-0.05, 0) is 78.8 Å². The maximum absolute atomic E-state index is 10.2. The van der Waals surface area contributed by atoms with Crippen molar-refractivity contribution < 1.29 is 15.3 Å². The van der Waals surface area contributed by atoms with Crippen molar-refractivity contribution in [3.63, 3.8) is 0 Å². The summed E-state index contributed by atoms with van der Waals surface area (Å²) >= 11 is 0. The number of aliphatic hydroxyl groups is 3. The van der Waals surface area contributed by atoms with Gasteiger partial charge in [-0.25, -0.2) is 0 Å². The van der Waals surface area contributed by atoms with Gasteiger partial charge in [0, 0.05) is 6.42 Å². The second-order valence-electron chi connectivity index (χ2n) is 10.6. The SMILES string of the molecule is C=C1/C(=C\C=C2/CCC[C@]3(C)[C@@H]([C@H](C)/C=C/[C@H](O)C(C)C)CC[C@@H]23)C[C@@H](O)C[C@@H]1O. The summed E-state index contributed by atoms with van der Waals surface area (Å²) in [5.41, 5.74) is 3.59. The molecule has 3 aliphatic carbocycles. The van der Waals surface area contributed by atoms with E-state index < -0.39 is 12.2 Å². The third kappa shape index (κ3) is 4.84. The molecule has 3 nitrogen and oxygen atoms in total. The summed E-state index contributed by atoms with van der Waals surface area (Å²) in [7, 11) is 0. The Hall–Kier alpha value is -1.16. The Morgan fingerprint density at radius 1 is 1.10 bits per heavy atom. The third-order valence-electron chi connectivity index (χ3n) is 8.23. The Kier molecular flexibility index (Phi) is 7.48. The Morgan fingerprint density at radius 2 is 1.83 bits per heavy atom. The molecule has 3 fully saturated rings. The van der Waals surface area contributed by atoms with Gasteiger partial charge in [-0.1, -0.05) is 64.2 Å². The van der Waals surface area contributed by atoms with E-state index in [0.29, 0.717) is 36.0 Å². The zero-order chi connectivity index (χ0) is 22.1. The first-order chi connectivity index (χ1) is 14.1. The van der Waals surface area contributed by atoms with Crippen molar-refractivity contribution in [2.75, 3.05) is 0 Å². The lowest BCUT2D eigenvalue weighted by Crippen LogP contribution is -2.35. The first kappa shape index (κ1) is 23.5. The van der Waals surface area contributed by atoms with Crippen LogP contribution in [-0.4, -0.2) is 33.6 Å². The lowest BCUT2D eigenvalue weighted by atomic mass is 9.61. The van der Waals surface area contributed by atoms with E-state index in [1.165, 1.54) is 31.3 Å². The summed E-state index contributed by atoms with van der Waals surface area (Å²) in [5, 5.41) is 30.3. The van der Waals surface area contributed by atoms with Crippen LogP contribution in [-0.2, 0) is 0 Å². The van der Waals surface area contributed by atoms with Crippen LogP contribution in [0.25, 0.3) is 0 Å². The molecular weight excluding hydrogens is 372 g/mol. The van der Waals surface area contributed by atoms with Gasteiger partial charge >= 0.3 is 0 Å². The van der Waals surface area contributed by atoms with Crippen LogP contribution >= 0.6 is 0 Å². The van der Waals surface area contributed by atoms with Crippen molar-refractivity contribution in [1.82, 2.24) is 0 Å². The van der Waals surface area contributed by atoms with E-state index in [1.807, 2.05) is 6.08 Å².